The van der Waals surface area contributed by atoms with Crippen molar-refractivity contribution < 1.29 is 42.4 Å². The standard InChI is InChI=1S/C46H84NO8P/c1-6-8-10-12-14-16-18-20-21-22-24-26-28-30-32-34-40-52-45(43-55-56(50,51)54-41-39-47(3,4)5)42-53-46(49)38-35-37-44(48)36-33-31-29-27-25-23-19-17-15-13-11-9-7-2/h16,18,23,25,29,31,33-34,36,40,44-45,48H,6-15,17,19-22,24,26-28,30,32,35,37-39,41-43H2,1-5H3/p+1/b18-16-,25-23+,31-29+,36-33+,40-34+/t44?,45-/m1/s1. The second kappa shape index (κ2) is 38.5. The van der Waals surface area contributed by atoms with Crippen molar-refractivity contribution in [1.29, 1.82) is 0 Å². The van der Waals surface area contributed by atoms with Gasteiger partial charge in [0.25, 0.3) is 0 Å². The molecule has 0 heterocycles. The van der Waals surface area contributed by atoms with Gasteiger partial charge >= 0.3 is 13.8 Å². The Morgan fingerprint density at radius 3 is 1.79 bits per heavy atom. The number of esters is 1. The van der Waals surface area contributed by atoms with Crippen LogP contribution in [0.15, 0.2) is 60.9 Å². The van der Waals surface area contributed by atoms with Gasteiger partial charge < -0.3 is 24.0 Å². The Morgan fingerprint density at radius 2 is 1.20 bits per heavy atom. The number of aliphatic hydroxyl groups excluding tert-OH is 1. The number of phosphoric ester groups is 1. The molecule has 0 amide bonds. The molecule has 0 radical (unpaired) electrons. The third kappa shape index (κ3) is 41.6. The average Bonchev–Trinajstić information content (AvgIpc) is 3.14. The second-order valence-corrected chi connectivity index (χ2v) is 17.4. The Balaban J connectivity index is 4.48. The highest BCUT2D eigenvalue weighted by Crippen LogP contribution is 2.43. The van der Waals surface area contributed by atoms with Crippen LogP contribution >= 0.6 is 7.82 Å². The molecule has 9 nitrogen and oxygen atoms in total. The van der Waals surface area contributed by atoms with Crippen LogP contribution in [0.3, 0.4) is 0 Å². The van der Waals surface area contributed by atoms with Crippen molar-refractivity contribution in [3.05, 3.63) is 60.9 Å². The average molecular weight is 811 g/mol. The summed E-state index contributed by atoms with van der Waals surface area (Å²) in [5.41, 5.74) is 0. The summed E-state index contributed by atoms with van der Waals surface area (Å²) in [6.07, 6.45) is 45.3. The Morgan fingerprint density at radius 1 is 0.661 bits per heavy atom. The fraction of sp³-hybridized carbons (Fsp3) is 0.761. The Hall–Kier alpha value is -2.00. The molecule has 0 spiro atoms. The topological polar surface area (TPSA) is 112 Å². The molecule has 326 valence electrons. The molecule has 2 unspecified atom stereocenters. The summed E-state index contributed by atoms with van der Waals surface area (Å²) in [7, 11) is 1.56. The fourth-order valence-electron chi connectivity index (χ4n) is 5.66. The molecule has 0 aliphatic heterocycles. The van der Waals surface area contributed by atoms with Gasteiger partial charge in [-0.15, -0.1) is 0 Å². The number of carbonyl (C=O) groups is 1. The lowest BCUT2D eigenvalue weighted by molar-refractivity contribution is -0.870. The van der Waals surface area contributed by atoms with E-state index in [-0.39, 0.29) is 26.2 Å². The van der Waals surface area contributed by atoms with E-state index in [0.29, 0.717) is 23.9 Å². The number of nitrogens with zero attached hydrogens (tertiary/aromatic N) is 1. The number of carbonyl (C=O) groups excluding carboxylic acids is 1. The first-order valence-electron chi connectivity index (χ1n) is 22.2. The monoisotopic (exact) mass is 811 g/mol. The minimum atomic E-state index is -4.31. The number of rotatable bonds is 40. The lowest BCUT2D eigenvalue weighted by Gasteiger charge is -2.24. The molecule has 0 bridgehead atoms. The third-order valence-electron chi connectivity index (χ3n) is 9.24. The van der Waals surface area contributed by atoms with Crippen molar-refractivity contribution in [3.63, 3.8) is 0 Å². The number of aliphatic hydroxyl groups is 1. The van der Waals surface area contributed by atoms with Gasteiger partial charge in [-0.25, -0.2) is 4.57 Å². The Kier molecular flexibility index (Phi) is 37.1. The number of likely N-dealkylation sites (N-methyl/N-ethyl adjacent to an activating group) is 1. The molecule has 0 rings (SSSR count). The van der Waals surface area contributed by atoms with E-state index in [9.17, 15) is 19.4 Å². The quantitative estimate of drug-likeness (QED) is 0.0120. The van der Waals surface area contributed by atoms with E-state index < -0.39 is 26.0 Å². The van der Waals surface area contributed by atoms with Crippen LogP contribution in [0.1, 0.15) is 168 Å². The van der Waals surface area contributed by atoms with Crippen LogP contribution < -0.4 is 0 Å². The van der Waals surface area contributed by atoms with Gasteiger partial charge in [0.2, 0.25) is 0 Å². The van der Waals surface area contributed by atoms with Crippen LogP contribution in [0.25, 0.3) is 0 Å². The minimum absolute atomic E-state index is 0.0575. The predicted octanol–water partition coefficient (Wildman–Crippen LogP) is 12.3. The Bertz CT molecular complexity index is 1100. The number of unbranched alkanes of at least 4 members (excludes halogenated alkanes) is 17. The van der Waals surface area contributed by atoms with E-state index in [1.807, 2.05) is 39.4 Å². The smallest absolute Gasteiger partial charge is 0.472 e. The normalized spacial score (nSPS) is 14.8. The van der Waals surface area contributed by atoms with Gasteiger partial charge in [0, 0.05) is 6.42 Å². The fourth-order valence-corrected chi connectivity index (χ4v) is 6.40. The highest BCUT2D eigenvalue weighted by molar-refractivity contribution is 7.47. The first kappa shape index (κ1) is 54.0. The molecule has 3 atom stereocenters. The molecule has 0 saturated carbocycles. The van der Waals surface area contributed by atoms with E-state index in [1.54, 1.807) is 12.3 Å². The maximum atomic E-state index is 12.5. The largest absolute Gasteiger partial charge is 0.492 e. The summed E-state index contributed by atoms with van der Waals surface area (Å²) < 4.78 is 34.6. The summed E-state index contributed by atoms with van der Waals surface area (Å²) in [6.45, 7) is 4.65. The van der Waals surface area contributed by atoms with Gasteiger partial charge in [-0.05, 0) is 76.7 Å². The van der Waals surface area contributed by atoms with Gasteiger partial charge in [0.15, 0.2) is 6.10 Å². The zero-order valence-electron chi connectivity index (χ0n) is 36.5. The molecular formula is C46H85NO8P+. The van der Waals surface area contributed by atoms with Crippen LogP contribution in [0.5, 0.6) is 0 Å². The SMILES string of the molecule is CCCCCC/C=C\CCCCCCCC/C=C/O[C@H](COC(=O)CCCC(O)/C=C/C=C/C/C=C/CCCCCCCC)COP(=O)(O)OCC[N+](C)(C)C. The van der Waals surface area contributed by atoms with E-state index in [0.717, 1.165) is 32.1 Å². The van der Waals surface area contributed by atoms with Crippen LogP contribution in [0.4, 0.5) is 0 Å². The first-order chi connectivity index (χ1) is 27.0. The van der Waals surface area contributed by atoms with E-state index in [4.69, 9.17) is 18.5 Å². The molecule has 0 aliphatic carbocycles. The van der Waals surface area contributed by atoms with Gasteiger partial charge in [-0.1, -0.05) is 140 Å². The van der Waals surface area contributed by atoms with Crippen LogP contribution in [-0.2, 0) is 27.9 Å². The zero-order valence-corrected chi connectivity index (χ0v) is 37.4. The molecule has 2 N–H and O–H groups in total. The predicted molar refractivity (Wildman–Crippen MR) is 234 cm³/mol. The molecule has 0 saturated heterocycles. The molecular weight excluding hydrogens is 725 g/mol. The summed E-state index contributed by atoms with van der Waals surface area (Å²) in [5.74, 6) is -0.434. The van der Waals surface area contributed by atoms with Crippen molar-refractivity contribution in [3.8, 4) is 0 Å². The van der Waals surface area contributed by atoms with Crippen molar-refractivity contribution in [2.75, 3.05) is 47.5 Å². The van der Waals surface area contributed by atoms with Crippen molar-refractivity contribution in [2.24, 2.45) is 0 Å². The van der Waals surface area contributed by atoms with Gasteiger partial charge in [-0.3, -0.25) is 13.8 Å². The molecule has 0 aliphatic rings. The molecule has 0 fully saturated rings. The van der Waals surface area contributed by atoms with Crippen LogP contribution in [0.2, 0.25) is 0 Å². The van der Waals surface area contributed by atoms with E-state index >= 15 is 0 Å². The molecule has 0 aromatic carbocycles. The number of quaternary nitrogens is 1. The van der Waals surface area contributed by atoms with Gasteiger partial charge in [-0.2, -0.15) is 0 Å². The highest BCUT2D eigenvalue weighted by atomic mass is 31.2. The van der Waals surface area contributed by atoms with Crippen molar-refractivity contribution in [2.45, 2.75) is 180 Å². The number of hydrogen-bond donors (Lipinski definition) is 2. The molecule has 56 heavy (non-hydrogen) atoms. The number of ether oxygens (including phenoxy) is 2. The zero-order chi connectivity index (χ0) is 41.4. The summed E-state index contributed by atoms with van der Waals surface area (Å²) in [6, 6.07) is 0. The number of phosphoric acid groups is 1. The highest BCUT2D eigenvalue weighted by Gasteiger charge is 2.25. The third-order valence-corrected chi connectivity index (χ3v) is 10.2. The summed E-state index contributed by atoms with van der Waals surface area (Å²) in [5, 5.41) is 10.3. The lowest BCUT2D eigenvalue weighted by atomic mass is 10.1. The van der Waals surface area contributed by atoms with Crippen molar-refractivity contribution in [1.82, 2.24) is 0 Å². The summed E-state index contributed by atoms with van der Waals surface area (Å²) in [4.78, 5) is 22.7. The lowest BCUT2D eigenvalue weighted by Crippen LogP contribution is -2.37. The molecule has 0 aromatic rings. The van der Waals surface area contributed by atoms with Gasteiger partial charge in [0.05, 0.1) is 40.1 Å². The number of allylic oxidation sites excluding steroid dienone is 8. The van der Waals surface area contributed by atoms with Crippen LogP contribution in [0, 0.1) is 0 Å². The van der Waals surface area contributed by atoms with Crippen LogP contribution in [-0.4, -0.2) is 80.2 Å². The number of hydrogen-bond acceptors (Lipinski definition) is 7. The molecule has 10 heteroatoms. The second-order valence-electron chi connectivity index (χ2n) is 16.0. The minimum Gasteiger partial charge on any atom is -0.492 e. The van der Waals surface area contributed by atoms with E-state index in [2.05, 4.69) is 44.2 Å². The Labute approximate surface area is 343 Å². The molecule has 0 aromatic heterocycles. The van der Waals surface area contributed by atoms with E-state index in [1.165, 1.54) is 103 Å². The summed E-state index contributed by atoms with van der Waals surface area (Å²) >= 11 is 0. The maximum Gasteiger partial charge on any atom is 0.472 e. The first-order valence-corrected chi connectivity index (χ1v) is 23.7. The van der Waals surface area contributed by atoms with Crippen molar-refractivity contribution >= 4 is 13.8 Å². The maximum absolute atomic E-state index is 12.5. The van der Waals surface area contributed by atoms with Gasteiger partial charge in [0.1, 0.15) is 19.8 Å².